The largest absolute Gasteiger partial charge is 0.270 e. The van der Waals surface area contributed by atoms with Crippen LogP contribution in [0.15, 0.2) is 86.3 Å². The molecular weight excluding hydrogens is 456 g/mol. The van der Waals surface area contributed by atoms with Crippen LogP contribution in [0.3, 0.4) is 0 Å². The van der Waals surface area contributed by atoms with Crippen LogP contribution in [0.1, 0.15) is 11.1 Å². The van der Waals surface area contributed by atoms with Crippen LogP contribution in [-0.2, 0) is 9.84 Å². The Bertz CT molecular complexity index is 1310. The molecular formula is C22H15ClN2O4S2. The van der Waals surface area contributed by atoms with Crippen LogP contribution >= 0.6 is 23.4 Å². The average molecular weight is 471 g/mol. The molecule has 0 spiro atoms. The third kappa shape index (κ3) is 5.33. The molecule has 0 N–H and O–H groups in total. The lowest BCUT2D eigenvalue weighted by Gasteiger charge is -2.08. The molecule has 0 aromatic heterocycles. The molecule has 6 nitrogen and oxygen atoms in total. The minimum atomic E-state index is -4.09. The van der Waals surface area contributed by atoms with Gasteiger partial charge >= 0.3 is 0 Å². The Morgan fingerprint density at radius 1 is 1.10 bits per heavy atom. The number of halogens is 1. The summed E-state index contributed by atoms with van der Waals surface area (Å²) < 4.78 is 25.9. The summed E-state index contributed by atoms with van der Waals surface area (Å²) in [6, 6.07) is 18.9. The van der Waals surface area contributed by atoms with Crippen molar-refractivity contribution in [3.8, 4) is 6.07 Å². The molecule has 156 valence electrons. The molecule has 0 atom stereocenters. The van der Waals surface area contributed by atoms with Crippen molar-refractivity contribution in [2.45, 2.75) is 21.6 Å². The number of non-ortho nitro benzene ring substituents is 1. The predicted molar refractivity (Wildman–Crippen MR) is 121 cm³/mol. The van der Waals surface area contributed by atoms with E-state index in [4.69, 9.17) is 11.6 Å². The van der Waals surface area contributed by atoms with Gasteiger partial charge in [0.25, 0.3) is 5.69 Å². The van der Waals surface area contributed by atoms with Crippen LogP contribution in [0, 0.1) is 28.4 Å². The lowest BCUT2D eigenvalue weighted by molar-refractivity contribution is -0.384. The number of hydrogen-bond donors (Lipinski definition) is 0. The van der Waals surface area contributed by atoms with E-state index in [1.54, 1.807) is 42.5 Å². The summed E-state index contributed by atoms with van der Waals surface area (Å²) in [4.78, 5) is 11.5. The number of hydrogen-bond acceptors (Lipinski definition) is 6. The van der Waals surface area contributed by atoms with E-state index in [0.717, 1.165) is 10.5 Å². The lowest BCUT2D eigenvalue weighted by atomic mass is 10.2. The Kier molecular flexibility index (Phi) is 6.81. The smallest absolute Gasteiger partial charge is 0.258 e. The Morgan fingerprint density at radius 2 is 1.74 bits per heavy atom. The monoisotopic (exact) mass is 470 g/mol. The number of nitro benzene ring substituents is 1. The summed E-state index contributed by atoms with van der Waals surface area (Å²) in [5.74, 6) is 0. The third-order valence-electron chi connectivity index (χ3n) is 4.26. The summed E-state index contributed by atoms with van der Waals surface area (Å²) in [5.41, 5.74) is 0.917. The van der Waals surface area contributed by atoms with Gasteiger partial charge in [-0.25, -0.2) is 8.42 Å². The molecule has 9 heteroatoms. The highest BCUT2D eigenvalue weighted by atomic mass is 35.5. The number of nitrogens with zero attached hydrogens (tertiary/aromatic N) is 2. The highest BCUT2D eigenvalue weighted by Crippen LogP contribution is 2.35. The zero-order chi connectivity index (χ0) is 22.6. The van der Waals surface area contributed by atoms with Gasteiger partial charge in [-0.3, -0.25) is 10.1 Å². The summed E-state index contributed by atoms with van der Waals surface area (Å²) in [6.07, 6.45) is 1.17. The number of rotatable bonds is 6. The zero-order valence-electron chi connectivity index (χ0n) is 16.2. The first-order valence-electron chi connectivity index (χ1n) is 8.86. The van der Waals surface area contributed by atoms with Crippen molar-refractivity contribution in [3.05, 3.63) is 97.9 Å². The molecule has 0 amide bonds. The highest BCUT2D eigenvalue weighted by molar-refractivity contribution is 7.99. The van der Waals surface area contributed by atoms with Gasteiger partial charge in [-0.2, -0.15) is 5.26 Å². The van der Waals surface area contributed by atoms with Gasteiger partial charge in [-0.1, -0.05) is 41.1 Å². The quantitative estimate of drug-likeness (QED) is 0.247. The summed E-state index contributed by atoms with van der Waals surface area (Å²) in [5, 5.41) is 21.4. The summed E-state index contributed by atoms with van der Waals surface area (Å²) >= 11 is 7.19. The molecule has 0 bridgehead atoms. The first kappa shape index (κ1) is 22.6. The van der Waals surface area contributed by atoms with Crippen molar-refractivity contribution < 1.29 is 13.3 Å². The van der Waals surface area contributed by atoms with Crippen LogP contribution in [-0.4, -0.2) is 13.3 Å². The van der Waals surface area contributed by atoms with Crippen LogP contribution in [0.5, 0.6) is 0 Å². The normalized spacial score (nSPS) is 11.7. The number of nitriles is 1. The number of nitro groups is 1. The summed E-state index contributed by atoms with van der Waals surface area (Å²) in [7, 11) is -4.09. The third-order valence-corrected chi connectivity index (χ3v) is 7.30. The van der Waals surface area contributed by atoms with E-state index < -0.39 is 19.7 Å². The number of allylic oxidation sites excluding steroid dienone is 1. The molecule has 0 aliphatic rings. The van der Waals surface area contributed by atoms with Gasteiger partial charge in [-0.05, 0) is 61.0 Å². The van der Waals surface area contributed by atoms with Crippen molar-refractivity contribution in [2.75, 3.05) is 0 Å². The fourth-order valence-electron chi connectivity index (χ4n) is 2.64. The standard InChI is InChI=1S/C22H15ClN2O4S2/c1-15-2-9-20(10-3-15)31(28,29)21(14-24)13-16-12-18(25(26)27)6-11-22(16)30-19-7-4-17(23)5-8-19/h2-13H,1H3. The second-order valence-electron chi connectivity index (χ2n) is 6.47. The molecule has 0 aliphatic carbocycles. The summed E-state index contributed by atoms with van der Waals surface area (Å²) in [6.45, 7) is 1.82. The number of benzene rings is 3. The molecule has 0 heterocycles. The van der Waals surface area contributed by atoms with Gasteiger partial charge in [0.2, 0.25) is 9.84 Å². The molecule has 0 radical (unpaired) electrons. The fourth-order valence-corrected chi connectivity index (χ4v) is 4.81. The van der Waals surface area contributed by atoms with E-state index in [0.29, 0.717) is 9.92 Å². The molecule has 3 aromatic carbocycles. The minimum Gasteiger partial charge on any atom is -0.258 e. The van der Waals surface area contributed by atoms with E-state index in [9.17, 15) is 23.8 Å². The maximum atomic E-state index is 13.0. The Hall–Kier alpha value is -3.12. The molecule has 3 aromatic rings. The zero-order valence-corrected chi connectivity index (χ0v) is 18.5. The van der Waals surface area contributed by atoms with Crippen LogP contribution in [0.4, 0.5) is 5.69 Å². The van der Waals surface area contributed by atoms with Crippen molar-refractivity contribution in [1.29, 1.82) is 5.26 Å². The van der Waals surface area contributed by atoms with Crippen LogP contribution in [0.25, 0.3) is 6.08 Å². The molecule has 3 rings (SSSR count). The molecule has 0 fully saturated rings. The topological polar surface area (TPSA) is 101 Å². The van der Waals surface area contributed by atoms with Gasteiger partial charge < -0.3 is 0 Å². The van der Waals surface area contributed by atoms with E-state index >= 15 is 0 Å². The average Bonchev–Trinajstić information content (AvgIpc) is 2.74. The SMILES string of the molecule is Cc1ccc(S(=O)(=O)C(C#N)=Cc2cc([N+](=O)[O-])ccc2Sc2ccc(Cl)cc2)cc1. The second-order valence-corrected chi connectivity index (χ2v) is 9.94. The number of aryl methyl sites for hydroxylation is 1. The molecule has 0 saturated heterocycles. The molecule has 31 heavy (non-hydrogen) atoms. The van der Waals surface area contributed by atoms with Crippen molar-refractivity contribution in [3.63, 3.8) is 0 Å². The first-order chi connectivity index (χ1) is 14.7. The maximum absolute atomic E-state index is 13.0. The first-order valence-corrected chi connectivity index (χ1v) is 11.5. The van der Waals surface area contributed by atoms with E-state index in [-0.39, 0.29) is 16.1 Å². The van der Waals surface area contributed by atoms with Gasteiger partial charge in [0, 0.05) is 26.9 Å². The Morgan fingerprint density at radius 3 is 2.32 bits per heavy atom. The van der Waals surface area contributed by atoms with Crippen molar-refractivity contribution in [1.82, 2.24) is 0 Å². The second kappa shape index (κ2) is 9.35. The highest BCUT2D eigenvalue weighted by Gasteiger charge is 2.22. The van der Waals surface area contributed by atoms with Crippen LogP contribution in [0.2, 0.25) is 5.02 Å². The van der Waals surface area contributed by atoms with E-state index in [2.05, 4.69) is 0 Å². The molecule has 0 aliphatic heterocycles. The predicted octanol–water partition coefficient (Wildman–Crippen LogP) is 6.05. The lowest BCUT2D eigenvalue weighted by Crippen LogP contribution is -2.04. The van der Waals surface area contributed by atoms with Gasteiger partial charge in [-0.15, -0.1) is 0 Å². The van der Waals surface area contributed by atoms with Gasteiger partial charge in [0.1, 0.15) is 11.0 Å². The van der Waals surface area contributed by atoms with E-state index in [1.807, 2.05) is 6.92 Å². The fraction of sp³-hybridized carbons (Fsp3) is 0.0455. The molecule has 0 saturated carbocycles. The van der Waals surface area contributed by atoms with Crippen LogP contribution < -0.4 is 0 Å². The Balaban J connectivity index is 2.11. The Labute approximate surface area is 188 Å². The van der Waals surface area contributed by atoms with Crippen molar-refractivity contribution >= 4 is 45.0 Å². The molecule has 0 unspecified atom stereocenters. The van der Waals surface area contributed by atoms with Gasteiger partial charge in [0.05, 0.1) is 9.82 Å². The van der Waals surface area contributed by atoms with Gasteiger partial charge in [0.15, 0.2) is 0 Å². The number of sulfone groups is 1. The minimum absolute atomic E-state index is 0.0248. The van der Waals surface area contributed by atoms with E-state index in [1.165, 1.54) is 48.2 Å². The van der Waals surface area contributed by atoms with Crippen molar-refractivity contribution in [2.24, 2.45) is 0 Å². The maximum Gasteiger partial charge on any atom is 0.270 e.